The lowest BCUT2D eigenvalue weighted by Crippen LogP contribution is -2.48. The maximum atomic E-state index is 11.1. The van der Waals surface area contributed by atoms with Gasteiger partial charge in [-0.15, -0.1) is 0 Å². The van der Waals surface area contributed by atoms with Crippen molar-refractivity contribution in [3.8, 4) is 0 Å². The summed E-state index contributed by atoms with van der Waals surface area (Å²) in [5, 5.41) is 16.5. The summed E-state index contributed by atoms with van der Waals surface area (Å²) in [6.45, 7) is 5.60. The first-order valence-electron chi connectivity index (χ1n) is 5.78. The molecule has 2 rings (SSSR count). The maximum absolute atomic E-state index is 11.1. The van der Waals surface area contributed by atoms with Crippen molar-refractivity contribution in [1.82, 2.24) is 20.0 Å². The van der Waals surface area contributed by atoms with Crippen molar-refractivity contribution < 1.29 is 9.90 Å². The van der Waals surface area contributed by atoms with E-state index in [2.05, 4.69) is 22.2 Å². The summed E-state index contributed by atoms with van der Waals surface area (Å²) in [7, 11) is 1.79. The van der Waals surface area contributed by atoms with E-state index in [-0.39, 0.29) is 0 Å². The molecule has 6 nitrogen and oxygen atoms in total. The van der Waals surface area contributed by atoms with Gasteiger partial charge in [-0.3, -0.25) is 9.58 Å². The summed E-state index contributed by atoms with van der Waals surface area (Å²) in [5.41, 5.74) is 1.07. The monoisotopic (exact) mass is 238 g/mol. The molecule has 1 aliphatic heterocycles. The molecule has 0 aromatic carbocycles. The van der Waals surface area contributed by atoms with Crippen molar-refractivity contribution in [2.75, 3.05) is 19.6 Å². The molecule has 6 heteroatoms. The van der Waals surface area contributed by atoms with E-state index in [1.807, 2.05) is 0 Å². The van der Waals surface area contributed by atoms with Crippen LogP contribution in [0.5, 0.6) is 0 Å². The molecule has 0 aliphatic carbocycles. The Kier molecular flexibility index (Phi) is 3.44. The molecule has 2 N–H and O–H groups in total. The Hall–Kier alpha value is -1.40. The van der Waals surface area contributed by atoms with Crippen molar-refractivity contribution in [2.24, 2.45) is 7.05 Å². The fourth-order valence-electron chi connectivity index (χ4n) is 2.20. The van der Waals surface area contributed by atoms with Crippen LogP contribution in [0.15, 0.2) is 6.20 Å². The molecule has 0 saturated carbocycles. The molecular weight excluding hydrogens is 220 g/mol. The number of aryl methyl sites for hydroxylation is 1. The van der Waals surface area contributed by atoms with Gasteiger partial charge in [0.2, 0.25) is 0 Å². The molecule has 94 valence electrons. The van der Waals surface area contributed by atoms with Gasteiger partial charge in [0.25, 0.3) is 0 Å². The van der Waals surface area contributed by atoms with Gasteiger partial charge in [0.1, 0.15) is 5.56 Å². The lowest BCUT2D eigenvalue weighted by atomic mass is 10.2. The number of carboxylic acids is 1. The maximum Gasteiger partial charge on any atom is 0.339 e. The molecule has 1 atom stereocenters. The van der Waals surface area contributed by atoms with Gasteiger partial charge in [0.15, 0.2) is 0 Å². The first-order chi connectivity index (χ1) is 8.08. The van der Waals surface area contributed by atoms with Gasteiger partial charge in [0.05, 0.1) is 11.9 Å². The second-order valence-electron chi connectivity index (χ2n) is 4.52. The summed E-state index contributed by atoms with van der Waals surface area (Å²) >= 11 is 0. The number of aromatic carboxylic acids is 1. The lowest BCUT2D eigenvalue weighted by Gasteiger charge is -2.31. The highest BCUT2D eigenvalue weighted by Gasteiger charge is 2.21. The Morgan fingerprint density at radius 1 is 1.71 bits per heavy atom. The smallest absolute Gasteiger partial charge is 0.339 e. The van der Waals surface area contributed by atoms with E-state index in [0.29, 0.717) is 18.2 Å². The molecule has 1 unspecified atom stereocenters. The van der Waals surface area contributed by atoms with Crippen molar-refractivity contribution in [1.29, 1.82) is 0 Å². The van der Waals surface area contributed by atoms with Gasteiger partial charge < -0.3 is 10.4 Å². The van der Waals surface area contributed by atoms with Crippen LogP contribution in [0.4, 0.5) is 0 Å². The molecule has 0 radical (unpaired) electrons. The second-order valence-corrected chi connectivity index (χ2v) is 4.52. The van der Waals surface area contributed by atoms with Gasteiger partial charge >= 0.3 is 5.97 Å². The minimum absolute atomic E-state index is 0.304. The molecule has 17 heavy (non-hydrogen) atoms. The Balaban J connectivity index is 2.12. The van der Waals surface area contributed by atoms with Crippen LogP contribution in [0.1, 0.15) is 23.0 Å². The fraction of sp³-hybridized carbons (Fsp3) is 0.636. The topological polar surface area (TPSA) is 70.4 Å². The molecular formula is C11H18N4O2. The number of carboxylic acid groups (broad SMARTS) is 1. The number of carbonyl (C=O) groups is 1. The first-order valence-corrected chi connectivity index (χ1v) is 5.78. The first kappa shape index (κ1) is 12.1. The SMILES string of the molecule is CC1CN(Cc2c(C(=O)O)cnn2C)CCN1. The van der Waals surface area contributed by atoms with Gasteiger partial charge in [-0.25, -0.2) is 4.79 Å². The van der Waals surface area contributed by atoms with E-state index in [1.165, 1.54) is 6.20 Å². The molecule has 2 heterocycles. The molecule has 1 fully saturated rings. The number of piperazine rings is 1. The summed E-state index contributed by atoms with van der Waals surface area (Å²) in [4.78, 5) is 13.3. The fourth-order valence-corrected chi connectivity index (χ4v) is 2.20. The zero-order valence-electron chi connectivity index (χ0n) is 10.2. The molecule has 1 saturated heterocycles. The number of hydrogen-bond donors (Lipinski definition) is 2. The predicted octanol–water partition coefficient (Wildman–Crippen LogP) is -0.0880. The molecule has 0 bridgehead atoms. The number of nitrogens with one attached hydrogen (secondary N) is 1. The van der Waals surface area contributed by atoms with E-state index >= 15 is 0 Å². The van der Waals surface area contributed by atoms with Crippen molar-refractivity contribution in [3.05, 3.63) is 17.5 Å². The highest BCUT2D eigenvalue weighted by molar-refractivity contribution is 5.88. The third-order valence-electron chi connectivity index (χ3n) is 3.12. The lowest BCUT2D eigenvalue weighted by molar-refractivity contribution is 0.0693. The zero-order valence-corrected chi connectivity index (χ0v) is 10.2. The van der Waals surface area contributed by atoms with Gasteiger partial charge in [-0.05, 0) is 6.92 Å². The van der Waals surface area contributed by atoms with Crippen LogP contribution in [-0.4, -0.2) is 51.4 Å². The summed E-state index contributed by atoms with van der Waals surface area (Å²) in [6.07, 6.45) is 1.42. The Bertz CT molecular complexity index is 416. The Morgan fingerprint density at radius 3 is 3.12 bits per heavy atom. The predicted molar refractivity (Wildman–Crippen MR) is 62.9 cm³/mol. The third kappa shape index (κ3) is 2.65. The average Bonchev–Trinajstić information content (AvgIpc) is 2.61. The van der Waals surface area contributed by atoms with Crippen molar-refractivity contribution >= 4 is 5.97 Å². The number of hydrogen-bond acceptors (Lipinski definition) is 4. The number of rotatable bonds is 3. The van der Waals surface area contributed by atoms with Crippen LogP contribution in [0, 0.1) is 0 Å². The van der Waals surface area contributed by atoms with E-state index < -0.39 is 5.97 Å². The van der Waals surface area contributed by atoms with E-state index in [4.69, 9.17) is 5.11 Å². The summed E-state index contributed by atoms with van der Waals surface area (Å²) in [6, 6.07) is 0.449. The minimum atomic E-state index is -0.906. The van der Waals surface area contributed by atoms with Crippen LogP contribution in [-0.2, 0) is 13.6 Å². The van der Waals surface area contributed by atoms with Gasteiger partial charge in [-0.1, -0.05) is 0 Å². The highest BCUT2D eigenvalue weighted by atomic mass is 16.4. The second kappa shape index (κ2) is 4.85. The Morgan fingerprint density at radius 2 is 2.47 bits per heavy atom. The van der Waals surface area contributed by atoms with Crippen molar-refractivity contribution in [3.63, 3.8) is 0 Å². The van der Waals surface area contributed by atoms with E-state index in [9.17, 15) is 4.79 Å². The van der Waals surface area contributed by atoms with Crippen LogP contribution in [0.3, 0.4) is 0 Å². The van der Waals surface area contributed by atoms with Crippen LogP contribution in [0.2, 0.25) is 0 Å². The van der Waals surface area contributed by atoms with Crippen LogP contribution < -0.4 is 5.32 Å². The number of aromatic nitrogens is 2. The third-order valence-corrected chi connectivity index (χ3v) is 3.12. The van der Waals surface area contributed by atoms with Crippen molar-refractivity contribution in [2.45, 2.75) is 19.5 Å². The standard InChI is InChI=1S/C11H18N4O2/c1-8-6-15(4-3-12-8)7-10-9(11(16)17)5-13-14(10)2/h5,8,12H,3-4,6-7H2,1-2H3,(H,16,17). The molecule has 1 aromatic rings. The minimum Gasteiger partial charge on any atom is -0.478 e. The molecule has 1 aromatic heterocycles. The molecule has 1 aliphatic rings. The normalized spacial score (nSPS) is 21.6. The van der Waals surface area contributed by atoms with E-state index in [0.717, 1.165) is 25.3 Å². The molecule has 0 amide bonds. The van der Waals surface area contributed by atoms with Gasteiger partial charge in [0, 0.05) is 39.3 Å². The Labute approximate surface area is 100 Å². The quantitative estimate of drug-likeness (QED) is 0.770. The largest absolute Gasteiger partial charge is 0.478 e. The highest BCUT2D eigenvalue weighted by Crippen LogP contribution is 2.12. The van der Waals surface area contributed by atoms with Gasteiger partial charge in [-0.2, -0.15) is 5.10 Å². The summed E-state index contributed by atoms with van der Waals surface area (Å²) < 4.78 is 1.65. The average molecular weight is 238 g/mol. The van der Waals surface area contributed by atoms with Crippen LogP contribution in [0.25, 0.3) is 0 Å². The van der Waals surface area contributed by atoms with E-state index in [1.54, 1.807) is 11.7 Å². The molecule has 0 spiro atoms. The summed E-state index contributed by atoms with van der Waals surface area (Å²) in [5.74, 6) is -0.906. The number of nitrogens with zero attached hydrogens (tertiary/aromatic N) is 3. The zero-order chi connectivity index (χ0) is 12.4. The van der Waals surface area contributed by atoms with Crippen LogP contribution >= 0.6 is 0 Å².